The standard InChI is InChI=1S/C15H20FN3O2S/c1-10-5-6-15(14(16)9-10)22(20,21)17-8-7-13-11(2)18-19(4)12(13)3/h5-6,9,17H,7-8H2,1-4H3. The van der Waals surface area contributed by atoms with Crippen molar-refractivity contribution in [3.8, 4) is 0 Å². The van der Waals surface area contributed by atoms with Crippen LogP contribution in [0.3, 0.4) is 0 Å². The molecule has 0 unspecified atom stereocenters. The number of benzene rings is 1. The molecule has 0 aliphatic rings. The number of sulfonamides is 1. The summed E-state index contributed by atoms with van der Waals surface area (Å²) in [6, 6.07) is 4.07. The minimum Gasteiger partial charge on any atom is -0.272 e. The highest BCUT2D eigenvalue weighted by molar-refractivity contribution is 7.89. The maximum absolute atomic E-state index is 13.8. The average Bonchev–Trinajstić information content (AvgIpc) is 2.64. The average molecular weight is 325 g/mol. The van der Waals surface area contributed by atoms with Crippen LogP contribution in [0.1, 0.15) is 22.5 Å². The van der Waals surface area contributed by atoms with Crippen LogP contribution < -0.4 is 4.72 Å². The van der Waals surface area contributed by atoms with E-state index >= 15 is 0 Å². The molecule has 0 saturated carbocycles. The molecule has 2 rings (SSSR count). The summed E-state index contributed by atoms with van der Waals surface area (Å²) in [5.41, 5.74) is 3.56. The van der Waals surface area contributed by atoms with E-state index < -0.39 is 15.8 Å². The fourth-order valence-corrected chi connectivity index (χ4v) is 3.48. The van der Waals surface area contributed by atoms with E-state index in [2.05, 4.69) is 9.82 Å². The number of nitrogens with one attached hydrogen (secondary N) is 1. The van der Waals surface area contributed by atoms with E-state index in [0.717, 1.165) is 17.0 Å². The molecule has 7 heteroatoms. The quantitative estimate of drug-likeness (QED) is 0.914. The van der Waals surface area contributed by atoms with Crippen LogP contribution in [-0.4, -0.2) is 24.7 Å². The molecule has 1 heterocycles. The Hall–Kier alpha value is -1.73. The van der Waals surface area contributed by atoms with Crippen LogP contribution in [0.4, 0.5) is 4.39 Å². The third-order valence-corrected chi connectivity index (χ3v) is 5.20. The smallest absolute Gasteiger partial charge is 0.243 e. The highest BCUT2D eigenvalue weighted by Crippen LogP contribution is 2.16. The molecular formula is C15H20FN3O2S. The van der Waals surface area contributed by atoms with E-state index in [0.29, 0.717) is 12.0 Å². The molecule has 0 amide bonds. The first-order valence-electron chi connectivity index (χ1n) is 6.97. The van der Waals surface area contributed by atoms with E-state index in [9.17, 15) is 12.8 Å². The second kappa shape index (κ2) is 6.18. The van der Waals surface area contributed by atoms with Gasteiger partial charge in [-0.1, -0.05) is 6.07 Å². The molecule has 1 N–H and O–H groups in total. The first-order valence-corrected chi connectivity index (χ1v) is 8.45. The van der Waals surface area contributed by atoms with Crippen molar-refractivity contribution in [2.24, 2.45) is 7.05 Å². The minimum absolute atomic E-state index is 0.197. The third-order valence-electron chi connectivity index (χ3n) is 3.70. The van der Waals surface area contributed by atoms with Crippen LogP contribution in [0.5, 0.6) is 0 Å². The van der Waals surface area contributed by atoms with Gasteiger partial charge in [0.2, 0.25) is 10.0 Å². The number of aryl methyl sites for hydroxylation is 3. The number of nitrogens with zero attached hydrogens (tertiary/aromatic N) is 2. The predicted octanol–water partition coefficient (Wildman–Crippen LogP) is 2.01. The molecule has 120 valence electrons. The van der Waals surface area contributed by atoms with Crippen LogP contribution in [0.2, 0.25) is 0 Å². The van der Waals surface area contributed by atoms with Gasteiger partial charge in [-0.25, -0.2) is 17.5 Å². The number of hydrogen-bond acceptors (Lipinski definition) is 3. The van der Waals surface area contributed by atoms with Crippen molar-refractivity contribution in [2.75, 3.05) is 6.54 Å². The number of hydrogen-bond donors (Lipinski definition) is 1. The Labute approximate surface area is 130 Å². The molecule has 0 fully saturated rings. The Morgan fingerprint density at radius 3 is 2.50 bits per heavy atom. The van der Waals surface area contributed by atoms with Crippen molar-refractivity contribution in [3.63, 3.8) is 0 Å². The minimum atomic E-state index is -3.85. The van der Waals surface area contributed by atoms with E-state index in [1.54, 1.807) is 17.7 Å². The van der Waals surface area contributed by atoms with Crippen LogP contribution in [0.15, 0.2) is 23.1 Å². The maximum atomic E-state index is 13.8. The lowest BCUT2D eigenvalue weighted by molar-refractivity contribution is 0.556. The summed E-state index contributed by atoms with van der Waals surface area (Å²) in [6.07, 6.45) is 0.512. The molecule has 0 spiro atoms. The van der Waals surface area contributed by atoms with Gasteiger partial charge < -0.3 is 0 Å². The van der Waals surface area contributed by atoms with Crippen molar-refractivity contribution in [1.29, 1.82) is 0 Å². The Morgan fingerprint density at radius 2 is 1.95 bits per heavy atom. The fraction of sp³-hybridized carbons (Fsp3) is 0.400. The summed E-state index contributed by atoms with van der Waals surface area (Å²) in [7, 11) is -2.00. The molecule has 0 bridgehead atoms. The molecule has 0 aliphatic heterocycles. The molecular weight excluding hydrogens is 305 g/mol. The topological polar surface area (TPSA) is 64.0 Å². The summed E-state index contributed by atoms with van der Waals surface area (Å²) in [6.45, 7) is 5.73. The van der Waals surface area contributed by atoms with Gasteiger partial charge in [-0.2, -0.15) is 5.10 Å². The van der Waals surface area contributed by atoms with E-state index in [4.69, 9.17) is 0 Å². The van der Waals surface area contributed by atoms with Gasteiger partial charge in [0.1, 0.15) is 10.7 Å². The van der Waals surface area contributed by atoms with Crippen LogP contribution in [-0.2, 0) is 23.5 Å². The summed E-state index contributed by atoms with van der Waals surface area (Å²) in [5.74, 6) is -0.735. The van der Waals surface area contributed by atoms with Crippen LogP contribution in [0, 0.1) is 26.6 Å². The van der Waals surface area contributed by atoms with Gasteiger partial charge in [-0.05, 0) is 50.5 Å². The van der Waals surface area contributed by atoms with E-state index in [1.165, 1.54) is 12.1 Å². The third kappa shape index (κ3) is 3.36. The summed E-state index contributed by atoms with van der Waals surface area (Å²) >= 11 is 0. The molecule has 0 aliphatic carbocycles. The summed E-state index contributed by atoms with van der Waals surface area (Å²) in [5, 5.41) is 4.29. The van der Waals surface area contributed by atoms with Gasteiger partial charge in [0, 0.05) is 19.3 Å². The highest BCUT2D eigenvalue weighted by atomic mass is 32.2. The summed E-state index contributed by atoms with van der Waals surface area (Å²) in [4.78, 5) is -0.322. The summed E-state index contributed by atoms with van der Waals surface area (Å²) < 4.78 is 42.3. The highest BCUT2D eigenvalue weighted by Gasteiger charge is 2.19. The number of halogens is 1. The second-order valence-electron chi connectivity index (χ2n) is 5.35. The van der Waals surface area contributed by atoms with Crippen molar-refractivity contribution in [2.45, 2.75) is 32.1 Å². The molecule has 0 radical (unpaired) electrons. The zero-order chi connectivity index (χ0) is 16.5. The second-order valence-corrected chi connectivity index (χ2v) is 7.09. The number of rotatable bonds is 5. The van der Waals surface area contributed by atoms with Crippen molar-refractivity contribution >= 4 is 10.0 Å². The van der Waals surface area contributed by atoms with Gasteiger partial charge in [-0.15, -0.1) is 0 Å². The van der Waals surface area contributed by atoms with Crippen molar-refractivity contribution < 1.29 is 12.8 Å². The first-order chi connectivity index (χ1) is 10.2. The molecule has 22 heavy (non-hydrogen) atoms. The van der Waals surface area contributed by atoms with Gasteiger partial charge in [0.25, 0.3) is 0 Å². The predicted molar refractivity (Wildman–Crippen MR) is 82.7 cm³/mol. The lowest BCUT2D eigenvalue weighted by Gasteiger charge is -2.08. The van der Waals surface area contributed by atoms with Crippen molar-refractivity contribution in [3.05, 3.63) is 46.5 Å². The number of aromatic nitrogens is 2. The molecule has 1 aromatic heterocycles. The zero-order valence-corrected chi connectivity index (χ0v) is 14.0. The van der Waals surface area contributed by atoms with Crippen LogP contribution in [0.25, 0.3) is 0 Å². The van der Waals surface area contributed by atoms with Gasteiger partial charge in [0.05, 0.1) is 5.69 Å². The lowest BCUT2D eigenvalue weighted by atomic mass is 10.1. The normalized spacial score (nSPS) is 11.9. The SMILES string of the molecule is Cc1ccc(S(=O)(=O)NCCc2c(C)nn(C)c2C)c(F)c1. The van der Waals surface area contributed by atoms with Gasteiger partial charge in [-0.3, -0.25) is 4.68 Å². The Morgan fingerprint density at radius 1 is 1.27 bits per heavy atom. The largest absolute Gasteiger partial charge is 0.272 e. The molecule has 0 saturated heterocycles. The lowest BCUT2D eigenvalue weighted by Crippen LogP contribution is -2.27. The molecule has 2 aromatic rings. The van der Waals surface area contributed by atoms with Gasteiger partial charge >= 0.3 is 0 Å². The maximum Gasteiger partial charge on any atom is 0.243 e. The van der Waals surface area contributed by atoms with Crippen molar-refractivity contribution in [1.82, 2.24) is 14.5 Å². The Balaban J connectivity index is 2.10. The fourth-order valence-electron chi connectivity index (χ4n) is 2.39. The van der Waals surface area contributed by atoms with E-state index in [-0.39, 0.29) is 11.4 Å². The van der Waals surface area contributed by atoms with Gasteiger partial charge in [0.15, 0.2) is 0 Å². The zero-order valence-electron chi connectivity index (χ0n) is 13.1. The monoisotopic (exact) mass is 325 g/mol. The molecule has 1 aromatic carbocycles. The van der Waals surface area contributed by atoms with E-state index in [1.807, 2.05) is 20.9 Å². The Kier molecular flexibility index (Phi) is 4.67. The molecule has 5 nitrogen and oxygen atoms in total. The Bertz CT molecular complexity index is 797. The molecule has 0 atom stereocenters. The van der Waals surface area contributed by atoms with Crippen LogP contribution >= 0.6 is 0 Å². The first kappa shape index (κ1) is 16.6.